The molecule has 0 amide bonds. The lowest BCUT2D eigenvalue weighted by Crippen LogP contribution is -1.97. The Bertz CT molecular complexity index is 1110. The van der Waals surface area contributed by atoms with Gasteiger partial charge in [-0.2, -0.15) is 4.98 Å². The smallest absolute Gasteiger partial charge is 0.225 e. The molecule has 0 saturated heterocycles. The molecular formula is C17H7Cl2F2N3. The molecule has 2 aromatic heterocycles. The zero-order valence-electron chi connectivity index (χ0n) is 11.9. The largest absolute Gasteiger partial charge is 0.225 e. The van der Waals surface area contributed by atoms with Gasteiger partial charge < -0.3 is 0 Å². The van der Waals surface area contributed by atoms with Crippen molar-refractivity contribution < 1.29 is 8.78 Å². The fourth-order valence-corrected chi connectivity index (χ4v) is 3.08. The van der Waals surface area contributed by atoms with Crippen LogP contribution in [0.3, 0.4) is 0 Å². The summed E-state index contributed by atoms with van der Waals surface area (Å²) in [4.78, 5) is 11.9. The predicted octanol–water partition coefficient (Wildman–Crippen LogP) is 5.43. The monoisotopic (exact) mass is 361 g/mol. The number of pyridine rings is 1. The van der Waals surface area contributed by atoms with Crippen LogP contribution >= 0.6 is 23.2 Å². The first-order chi connectivity index (χ1) is 11.5. The second-order valence-corrected chi connectivity index (χ2v) is 5.81. The molecule has 0 radical (unpaired) electrons. The van der Waals surface area contributed by atoms with Crippen LogP contribution in [0.25, 0.3) is 33.1 Å². The minimum Gasteiger partial charge on any atom is -0.225 e. The summed E-state index contributed by atoms with van der Waals surface area (Å²) < 4.78 is 28.9. The van der Waals surface area contributed by atoms with E-state index in [0.29, 0.717) is 10.9 Å². The number of nitrogens with zero attached hydrogens (tertiary/aromatic N) is 3. The van der Waals surface area contributed by atoms with Crippen molar-refractivity contribution in [3.63, 3.8) is 0 Å². The van der Waals surface area contributed by atoms with Crippen molar-refractivity contribution in [2.45, 2.75) is 0 Å². The van der Waals surface area contributed by atoms with E-state index in [-0.39, 0.29) is 32.6 Å². The van der Waals surface area contributed by atoms with Crippen LogP contribution in [0.1, 0.15) is 0 Å². The average Bonchev–Trinajstić information content (AvgIpc) is 2.55. The molecule has 0 fully saturated rings. The molecular weight excluding hydrogens is 355 g/mol. The molecule has 118 valence electrons. The highest BCUT2D eigenvalue weighted by Crippen LogP contribution is 2.33. The predicted molar refractivity (Wildman–Crippen MR) is 90.2 cm³/mol. The second kappa shape index (κ2) is 5.61. The summed E-state index contributed by atoms with van der Waals surface area (Å²) in [6.45, 7) is 0. The molecule has 0 saturated carbocycles. The maximum absolute atomic E-state index is 14.6. The number of hydrogen-bond donors (Lipinski definition) is 0. The fraction of sp³-hybridized carbons (Fsp3) is 0. The van der Waals surface area contributed by atoms with Gasteiger partial charge in [-0.3, -0.25) is 0 Å². The first kappa shape index (κ1) is 15.2. The van der Waals surface area contributed by atoms with Gasteiger partial charge in [-0.15, -0.1) is 0 Å². The molecule has 4 rings (SSSR count). The maximum atomic E-state index is 14.6. The lowest BCUT2D eigenvalue weighted by Gasteiger charge is -2.09. The van der Waals surface area contributed by atoms with Gasteiger partial charge in [0.25, 0.3) is 0 Å². The van der Waals surface area contributed by atoms with Gasteiger partial charge in [0.15, 0.2) is 5.65 Å². The van der Waals surface area contributed by atoms with Gasteiger partial charge in [0.2, 0.25) is 5.28 Å². The molecule has 0 unspecified atom stereocenters. The number of aromatic nitrogens is 3. The van der Waals surface area contributed by atoms with Gasteiger partial charge >= 0.3 is 0 Å². The van der Waals surface area contributed by atoms with Gasteiger partial charge in [0, 0.05) is 10.9 Å². The Balaban J connectivity index is 2.09. The van der Waals surface area contributed by atoms with E-state index in [2.05, 4.69) is 15.0 Å². The number of fused-ring (bicyclic) bond motifs is 2. The molecule has 3 nitrogen and oxygen atoms in total. The van der Waals surface area contributed by atoms with Crippen LogP contribution in [0.2, 0.25) is 10.4 Å². The van der Waals surface area contributed by atoms with Crippen LogP contribution in [-0.2, 0) is 0 Å². The number of hydrogen-bond acceptors (Lipinski definition) is 3. The zero-order valence-corrected chi connectivity index (χ0v) is 13.4. The van der Waals surface area contributed by atoms with Gasteiger partial charge in [-0.05, 0) is 29.1 Å². The summed E-state index contributed by atoms with van der Waals surface area (Å²) in [5.41, 5.74) is 0.449. The lowest BCUT2D eigenvalue weighted by molar-refractivity contribution is 0.627. The Morgan fingerprint density at radius 3 is 2.38 bits per heavy atom. The van der Waals surface area contributed by atoms with Crippen LogP contribution in [0.15, 0.2) is 42.5 Å². The van der Waals surface area contributed by atoms with E-state index < -0.39 is 11.6 Å². The Kier molecular flexibility index (Phi) is 3.55. The van der Waals surface area contributed by atoms with Crippen molar-refractivity contribution in [2.75, 3.05) is 0 Å². The van der Waals surface area contributed by atoms with E-state index in [1.807, 2.05) is 0 Å². The molecule has 2 aromatic carbocycles. The average molecular weight is 362 g/mol. The first-order valence-electron chi connectivity index (χ1n) is 6.91. The van der Waals surface area contributed by atoms with Crippen molar-refractivity contribution in [3.05, 3.63) is 64.5 Å². The summed E-state index contributed by atoms with van der Waals surface area (Å²) in [6.07, 6.45) is 0. The Labute approximate surface area is 144 Å². The van der Waals surface area contributed by atoms with E-state index >= 15 is 0 Å². The van der Waals surface area contributed by atoms with Crippen molar-refractivity contribution in [1.82, 2.24) is 15.0 Å². The molecule has 24 heavy (non-hydrogen) atoms. The zero-order chi connectivity index (χ0) is 16.8. The molecule has 0 atom stereocenters. The molecule has 0 aliphatic rings. The quantitative estimate of drug-likeness (QED) is 0.335. The standard InChI is InChI=1S/C17H7Cl2F2N3/c18-15-10-7-12(21)14(22-16(10)24-17(19)23-15)9-5-1-3-8-4-2-6-11(20)13(8)9/h1-7H. The third-order valence-electron chi connectivity index (χ3n) is 3.68. The SMILES string of the molecule is Fc1cc2c(Cl)nc(Cl)nc2nc1-c1cccc2cccc(F)c12. The van der Waals surface area contributed by atoms with Gasteiger partial charge in [-0.1, -0.05) is 41.9 Å². The van der Waals surface area contributed by atoms with Crippen molar-refractivity contribution in [1.29, 1.82) is 0 Å². The van der Waals surface area contributed by atoms with Crippen molar-refractivity contribution in [3.8, 4) is 11.3 Å². The highest BCUT2D eigenvalue weighted by Gasteiger charge is 2.17. The van der Waals surface area contributed by atoms with E-state index in [1.165, 1.54) is 12.1 Å². The van der Waals surface area contributed by atoms with Gasteiger partial charge in [-0.25, -0.2) is 18.7 Å². The highest BCUT2D eigenvalue weighted by molar-refractivity contribution is 6.35. The van der Waals surface area contributed by atoms with Crippen LogP contribution in [0, 0.1) is 11.6 Å². The second-order valence-electron chi connectivity index (χ2n) is 5.12. The number of rotatable bonds is 1. The minimum atomic E-state index is -0.647. The van der Waals surface area contributed by atoms with Crippen molar-refractivity contribution in [2.24, 2.45) is 0 Å². The Hall–Kier alpha value is -2.37. The highest BCUT2D eigenvalue weighted by atomic mass is 35.5. The normalized spacial score (nSPS) is 11.3. The van der Waals surface area contributed by atoms with Gasteiger partial charge in [0.1, 0.15) is 22.5 Å². The molecule has 4 aromatic rings. The van der Waals surface area contributed by atoms with E-state index in [9.17, 15) is 8.78 Å². The number of benzene rings is 2. The minimum absolute atomic E-state index is 0.00653. The Morgan fingerprint density at radius 2 is 1.58 bits per heavy atom. The summed E-state index contributed by atoms with van der Waals surface area (Å²) >= 11 is 11.7. The maximum Gasteiger partial charge on any atom is 0.225 e. The van der Waals surface area contributed by atoms with Gasteiger partial charge in [0.05, 0.1) is 5.39 Å². The molecule has 0 bridgehead atoms. The van der Waals surface area contributed by atoms with Crippen LogP contribution in [0.5, 0.6) is 0 Å². The number of halogens is 4. The van der Waals surface area contributed by atoms with Crippen LogP contribution < -0.4 is 0 Å². The summed E-state index contributed by atoms with van der Waals surface area (Å²) in [6, 6.07) is 10.9. The third-order valence-corrected chi connectivity index (χ3v) is 4.13. The van der Waals surface area contributed by atoms with E-state index in [1.54, 1.807) is 30.3 Å². The molecule has 0 aliphatic heterocycles. The summed E-state index contributed by atoms with van der Waals surface area (Å²) in [5.74, 6) is -1.10. The summed E-state index contributed by atoms with van der Waals surface area (Å²) in [5, 5.41) is 1.08. The third kappa shape index (κ3) is 2.37. The molecule has 7 heteroatoms. The molecule has 0 spiro atoms. The lowest BCUT2D eigenvalue weighted by atomic mass is 10.0. The van der Waals surface area contributed by atoms with E-state index in [0.717, 1.165) is 0 Å². The fourth-order valence-electron chi connectivity index (χ4n) is 2.65. The first-order valence-corrected chi connectivity index (χ1v) is 7.67. The van der Waals surface area contributed by atoms with Crippen molar-refractivity contribution >= 4 is 45.0 Å². The van der Waals surface area contributed by atoms with Crippen LogP contribution in [-0.4, -0.2) is 15.0 Å². The van der Waals surface area contributed by atoms with E-state index in [4.69, 9.17) is 23.2 Å². The topological polar surface area (TPSA) is 38.7 Å². The molecule has 0 N–H and O–H groups in total. The molecule has 2 heterocycles. The molecule has 0 aliphatic carbocycles. The summed E-state index contributed by atoms with van der Waals surface area (Å²) in [7, 11) is 0. The Morgan fingerprint density at radius 1 is 0.833 bits per heavy atom. The van der Waals surface area contributed by atoms with Crippen LogP contribution in [0.4, 0.5) is 8.78 Å².